The highest BCUT2D eigenvalue weighted by Crippen LogP contribution is 2.40. The maximum absolute atomic E-state index is 15.7. The summed E-state index contributed by atoms with van der Waals surface area (Å²) in [4.78, 5) is 19.0. The van der Waals surface area contributed by atoms with Gasteiger partial charge in [-0.2, -0.15) is 0 Å². The topological polar surface area (TPSA) is 101 Å². The molecule has 0 aliphatic heterocycles. The number of aromatic amines is 1. The standard InChI is InChI=1S/C24H28FN3O4S/c1-24(2,3)19-20(25)18(21-23(29)27-13-12-26-21)14-16(22(19)32-4)9-6-15-7-10-17(11-8-15)28-33(5,30)31/h7-8,10-14,28H,6,9H2,1-5H3,(H,27,29). The van der Waals surface area contributed by atoms with Gasteiger partial charge >= 0.3 is 0 Å². The van der Waals surface area contributed by atoms with Crippen molar-refractivity contribution in [3.8, 4) is 17.0 Å². The van der Waals surface area contributed by atoms with Gasteiger partial charge in [0.15, 0.2) is 0 Å². The van der Waals surface area contributed by atoms with E-state index in [0.29, 0.717) is 29.8 Å². The molecule has 176 valence electrons. The zero-order valence-electron chi connectivity index (χ0n) is 19.3. The predicted octanol–water partition coefficient (Wildman–Crippen LogP) is 4.04. The number of anilines is 1. The van der Waals surface area contributed by atoms with Crippen LogP contribution in [0.4, 0.5) is 10.1 Å². The molecule has 0 saturated heterocycles. The molecule has 3 aromatic rings. The van der Waals surface area contributed by atoms with E-state index >= 15 is 4.39 Å². The lowest BCUT2D eigenvalue weighted by Crippen LogP contribution is -2.19. The van der Waals surface area contributed by atoms with Gasteiger partial charge < -0.3 is 9.72 Å². The summed E-state index contributed by atoms with van der Waals surface area (Å²) < 4.78 is 46.5. The number of sulfonamides is 1. The molecule has 2 N–H and O–H groups in total. The number of ether oxygens (including phenoxy) is 1. The highest BCUT2D eigenvalue weighted by Gasteiger charge is 2.29. The van der Waals surface area contributed by atoms with Crippen molar-refractivity contribution in [1.82, 2.24) is 9.97 Å². The lowest BCUT2D eigenvalue weighted by atomic mass is 9.82. The molecule has 9 heteroatoms. The second-order valence-electron chi connectivity index (χ2n) is 8.89. The Bertz CT molecular complexity index is 1310. The van der Waals surface area contributed by atoms with Gasteiger partial charge in [-0.15, -0.1) is 0 Å². The molecule has 0 atom stereocenters. The first-order valence-electron chi connectivity index (χ1n) is 10.4. The number of nitrogens with zero attached hydrogens (tertiary/aromatic N) is 1. The summed E-state index contributed by atoms with van der Waals surface area (Å²) in [5, 5.41) is 0. The summed E-state index contributed by atoms with van der Waals surface area (Å²) in [6, 6.07) is 8.67. The lowest BCUT2D eigenvalue weighted by molar-refractivity contribution is 0.383. The monoisotopic (exact) mass is 473 g/mol. The van der Waals surface area contributed by atoms with E-state index in [-0.39, 0.29) is 11.3 Å². The maximum Gasteiger partial charge on any atom is 0.274 e. The van der Waals surface area contributed by atoms with E-state index in [1.54, 1.807) is 18.2 Å². The van der Waals surface area contributed by atoms with Crippen LogP contribution in [0.1, 0.15) is 37.5 Å². The Hall–Kier alpha value is -3.20. The number of methoxy groups -OCH3 is 1. The van der Waals surface area contributed by atoms with Crippen molar-refractivity contribution in [2.24, 2.45) is 0 Å². The number of aromatic nitrogens is 2. The van der Waals surface area contributed by atoms with Crippen LogP contribution < -0.4 is 15.0 Å². The van der Waals surface area contributed by atoms with Crippen LogP contribution in [-0.2, 0) is 28.3 Å². The molecule has 0 bridgehead atoms. The van der Waals surface area contributed by atoms with Gasteiger partial charge in [-0.05, 0) is 47.6 Å². The van der Waals surface area contributed by atoms with Crippen LogP contribution in [-0.4, -0.2) is 31.8 Å². The van der Waals surface area contributed by atoms with E-state index in [2.05, 4.69) is 14.7 Å². The largest absolute Gasteiger partial charge is 0.496 e. The quantitative estimate of drug-likeness (QED) is 0.539. The van der Waals surface area contributed by atoms with Gasteiger partial charge in [0, 0.05) is 29.2 Å². The third kappa shape index (κ3) is 5.78. The maximum atomic E-state index is 15.7. The number of nitrogens with one attached hydrogen (secondary N) is 2. The third-order valence-corrected chi connectivity index (χ3v) is 5.76. The SMILES string of the molecule is COc1c(CCc2ccc(NS(C)(=O)=O)cc2)cc(-c2ncc[nH]c2=O)c(F)c1C(C)(C)C. The van der Waals surface area contributed by atoms with Crippen LogP contribution in [0, 0.1) is 5.82 Å². The minimum absolute atomic E-state index is 0.0144. The van der Waals surface area contributed by atoms with Gasteiger partial charge in [0.05, 0.1) is 13.4 Å². The molecule has 0 aliphatic rings. The van der Waals surface area contributed by atoms with Crippen LogP contribution in [0.15, 0.2) is 47.5 Å². The van der Waals surface area contributed by atoms with Crippen molar-refractivity contribution in [1.29, 1.82) is 0 Å². The second kappa shape index (κ2) is 9.35. The van der Waals surface area contributed by atoms with Crippen LogP contribution in [0.25, 0.3) is 11.3 Å². The zero-order valence-corrected chi connectivity index (χ0v) is 20.1. The number of aryl methyl sites for hydroxylation is 2. The Labute approximate surface area is 193 Å². The van der Waals surface area contributed by atoms with E-state index in [9.17, 15) is 13.2 Å². The molecule has 0 fully saturated rings. The smallest absolute Gasteiger partial charge is 0.274 e. The second-order valence-corrected chi connectivity index (χ2v) is 10.6. The van der Waals surface area contributed by atoms with Gasteiger partial charge in [0.25, 0.3) is 5.56 Å². The third-order valence-electron chi connectivity index (χ3n) is 5.15. The number of halogens is 1. The van der Waals surface area contributed by atoms with Crippen molar-refractivity contribution in [2.75, 3.05) is 18.1 Å². The minimum Gasteiger partial charge on any atom is -0.496 e. The van der Waals surface area contributed by atoms with Crippen LogP contribution >= 0.6 is 0 Å². The molecule has 3 rings (SSSR count). The molecule has 0 unspecified atom stereocenters. The predicted molar refractivity (Wildman–Crippen MR) is 128 cm³/mol. The molecule has 2 aromatic carbocycles. The van der Waals surface area contributed by atoms with Gasteiger partial charge in [-0.25, -0.2) is 17.8 Å². The first-order valence-corrected chi connectivity index (χ1v) is 12.3. The fraction of sp³-hybridized carbons (Fsp3) is 0.333. The highest BCUT2D eigenvalue weighted by atomic mass is 32.2. The van der Waals surface area contributed by atoms with E-state index in [1.165, 1.54) is 19.5 Å². The van der Waals surface area contributed by atoms with E-state index in [1.807, 2.05) is 32.9 Å². The summed E-state index contributed by atoms with van der Waals surface area (Å²) in [5.41, 5.74) is 1.67. The Kier molecular flexibility index (Phi) is 6.92. The molecule has 0 spiro atoms. The van der Waals surface area contributed by atoms with Crippen molar-refractivity contribution in [3.63, 3.8) is 0 Å². The van der Waals surface area contributed by atoms with Gasteiger partial charge in [-0.3, -0.25) is 9.52 Å². The normalized spacial score (nSPS) is 11.9. The van der Waals surface area contributed by atoms with Crippen molar-refractivity contribution in [2.45, 2.75) is 39.0 Å². The summed E-state index contributed by atoms with van der Waals surface area (Å²) in [7, 11) is -1.84. The number of H-pyrrole nitrogens is 1. The van der Waals surface area contributed by atoms with Crippen molar-refractivity contribution >= 4 is 15.7 Å². The van der Waals surface area contributed by atoms with E-state index in [4.69, 9.17) is 4.74 Å². The van der Waals surface area contributed by atoms with Gasteiger partial charge in [-0.1, -0.05) is 32.9 Å². The van der Waals surface area contributed by atoms with Gasteiger partial charge in [0.1, 0.15) is 17.3 Å². The average Bonchev–Trinajstić information content (AvgIpc) is 2.72. The molecular formula is C24H28FN3O4S. The molecule has 7 nitrogen and oxygen atoms in total. The molecule has 33 heavy (non-hydrogen) atoms. The molecule has 0 saturated carbocycles. The Balaban J connectivity index is 2.03. The zero-order chi connectivity index (χ0) is 24.4. The number of hydrogen-bond acceptors (Lipinski definition) is 5. The first kappa shape index (κ1) is 24.4. The lowest BCUT2D eigenvalue weighted by Gasteiger charge is -2.26. The van der Waals surface area contributed by atoms with Crippen LogP contribution in [0.3, 0.4) is 0 Å². The van der Waals surface area contributed by atoms with Gasteiger partial charge in [0.2, 0.25) is 10.0 Å². The van der Waals surface area contributed by atoms with Crippen molar-refractivity contribution < 1.29 is 17.5 Å². The fourth-order valence-corrected chi connectivity index (χ4v) is 4.30. The highest BCUT2D eigenvalue weighted by molar-refractivity contribution is 7.92. The fourth-order valence-electron chi connectivity index (χ4n) is 3.74. The van der Waals surface area contributed by atoms with Crippen LogP contribution in [0.2, 0.25) is 0 Å². The Morgan fingerprint density at radius 1 is 1.15 bits per heavy atom. The number of rotatable bonds is 7. The molecule has 0 aliphatic carbocycles. The van der Waals surface area contributed by atoms with Crippen LogP contribution in [0.5, 0.6) is 5.75 Å². The molecule has 0 radical (unpaired) electrons. The Morgan fingerprint density at radius 2 is 1.82 bits per heavy atom. The van der Waals surface area contributed by atoms with E-state index < -0.39 is 26.8 Å². The molecule has 0 amide bonds. The number of benzene rings is 2. The molecular weight excluding hydrogens is 445 g/mol. The average molecular weight is 474 g/mol. The summed E-state index contributed by atoms with van der Waals surface area (Å²) in [5.74, 6) is -0.0741. The molecule has 1 heterocycles. The van der Waals surface area contributed by atoms with Crippen molar-refractivity contribution in [3.05, 3.63) is 75.6 Å². The van der Waals surface area contributed by atoms with E-state index in [0.717, 1.165) is 17.4 Å². The Morgan fingerprint density at radius 3 is 2.36 bits per heavy atom. The summed E-state index contributed by atoms with van der Waals surface area (Å²) in [6.45, 7) is 5.66. The molecule has 1 aromatic heterocycles. The summed E-state index contributed by atoms with van der Waals surface area (Å²) >= 11 is 0. The minimum atomic E-state index is -3.35. The first-order chi connectivity index (χ1) is 15.4. The summed E-state index contributed by atoms with van der Waals surface area (Å²) in [6.07, 6.45) is 5.04. The number of hydrogen-bond donors (Lipinski definition) is 2.